The van der Waals surface area contributed by atoms with Gasteiger partial charge in [0, 0.05) is 13.1 Å². The van der Waals surface area contributed by atoms with E-state index in [-0.39, 0.29) is 6.04 Å². The van der Waals surface area contributed by atoms with E-state index in [9.17, 15) is 0 Å². The highest BCUT2D eigenvalue weighted by molar-refractivity contribution is 9.13. The Morgan fingerprint density at radius 2 is 1.94 bits per heavy atom. The van der Waals surface area contributed by atoms with E-state index in [4.69, 9.17) is 10.2 Å². The Hall–Kier alpha value is -0.620. The molecule has 3 N–H and O–H groups in total. The maximum absolute atomic E-state index is 5.78. The Morgan fingerprint density at radius 3 is 2.50 bits per heavy atom. The van der Waals surface area contributed by atoms with Gasteiger partial charge in [0.1, 0.15) is 5.76 Å². The summed E-state index contributed by atoms with van der Waals surface area (Å²) in [5, 5.41) is 3.38. The molecule has 96 valence electrons. The molecule has 2 rings (SSSR count). The summed E-state index contributed by atoms with van der Waals surface area (Å²) in [5.74, 6) is 0.826. The van der Waals surface area contributed by atoms with E-state index < -0.39 is 0 Å². The molecule has 1 heterocycles. The molecule has 0 amide bonds. The molecule has 5 heteroatoms. The Bertz CT molecular complexity index is 479. The lowest BCUT2D eigenvalue weighted by Gasteiger charge is -2.14. The van der Waals surface area contributed by atoms with E-state index in [1.807, 2.05) is 24.3 Å². The van der Waals surface area contributed by atoms with Crippen LogP contribution in [0.1, 0.15) is 17.4 Å². The van der Waals surface area contributed by atoms with E-state index in [1.54, 1.807) is 0 Å². The van der Waals surface area contributed by atoms with Crippen LogP contribution in [0.3, 0.4) is 0 Å². The summed E-state index contributed by atoms with van der Waals surface area (Å²) >= 11 is 6.73. The topological polar surface area (TPSA) is 51.2 Å². The number of rotatable bonds is 5. The maximum Gasteiger partial charge on any atom is 0.183 e. The molecule has 18 heavy (non-hydrogen) atoms. The molecule has 2 aromatic rings. The van der Waals surface area contributed by atoms with Crippen LogP contribution < -0.4 is 11.1 Å². The molecule has 3 nitrogen and oxygen atoms in total. The Balaban J connectivity index is 2.02. The molecule has 1 aromatic heterocycles. The normalized spacial score (nSPS) is 12.6. The van der Waals surface area contributed by atoms with Gasteiger partial charge in [-0.1, -0.05) is 30.3 Å². The van der Waals surface area contributed by atoms with Crippen molar-refractivity contribution in [2.75, 3.05) is 6.54 Å². The van der Waals surface area contributed by atoms with E-state index >= 15 is 0 Å². The minimum absolute atomic E-state index is 0.00723. The molecule has 1 aromatic carbocycles. The van der Waals surface area contributed by atoms with Crippen molar-refractivity contribution in [3.63, 3.8) is 0 Å². The second-order valence-electron chi connectivity index (χ2n) is 3.93. The van der Waals surface area contributed by atoms with Gasteiger partial charge >= 0.3 is 0 Å². The van der Waals surface area contributed by atoms with Gasteiger partial charge in [0.2, 0.25) is 0 Å². The lowest BCUT2D eigenvalue weighted by atomic mass is 10.2. The lowest BCUT2D eigenvalue weighted by molar-refractivity contribution is 0.404. The van der Waals surface area contributed by atoms with Crippen LogP contribution in [0.5, 0.6) is 0 Å². The first-order valence-corrected chi connectivity index (χ1v) is 7.21. The van der Waals surface area contributed by atoms with Crippen LogP contribution in [-0.4, -0.2) is 6.54 Å². The van der Waals surface area contributed by atoms with E-state index in [0.717, 1.165) is 16.8 Å². The van der Waals surface area contributed by atoms with Crippen molar-refractivity contribution in [1.82, 2.24) is 5.32 Å². The van der Waals surface area contributed by atoms with Crippen LogP contribution in [0.2, 0.25) is 0 Å². The highest BCUT2D eigenvalue weighted by atomic mass is 79.9. The third-order valence-electron chi connectivity index (χ3n) is 2.64. The minimum atomic E-state index is 0.00723. The predicted octanol–water partition coefficient (Wildman–Crippen LogP) is 3.59. The largest absolute Gasteiger partial charge is 0.451 e. The summed E-state index contributed by atoms with van der Waals surface area (Å²) in [6, 6.07) is 12.1. The fourth-order valence-corrected chi connectivity index (χ4v) is 2.28. The second-order valence-corrected chi connectivity index (χ2v) is 5.50. The highest BCUT2D eigenvalue weighted by Gasteiger charge is 2.15. The third-order valence-corrected chi connectivity index (χ3v) is 4.35. The molecule has 0 saturated heterocycles. The molecule has 0 bridgehead atoms. The molecule has 1 unspecified atom stereocenters. The molecular weight excluding hydrogens is 360 g/mol. The molecular formula is C13H14Br2N2O. The monoisotopic (exact) mass is 372 g/mol. The van der Waals surface area contributed by atoms with Gasteiger partial charge < -0.3 is 15.5 Å². The van der Waals surface area contributed by atoms with Gasteiger partial charge in [0.15, 0.2) is 4.67 Å². The van der Waals surface area contributed by atoms with Gasteiger partial charge in [-0.2, -0.15) is 0 Å². The van der Waals surface area contributed by atoms with Crippen molar-refractivity contribution >= 4 is 31.9 Å². The van der Waals surface area contributed by atoms with Crippen LogP contribution >= 0.6 is 31.9 Å². The van der Waals surface area contributed by atoms with Crippen molar-refractivity contribution in [2.24, 2.45) is 5.73 Å². The molecule has 0 fully saturated rings. The van der Waals surface area contributed by atoms with Crippen LogP contribution in [-0.2, 0) is 6.54 Å². The van der Waals surface area contributed by atoms with Crippen molar-refractivity contribution in [2.45, 2.75) is 12.6 Å². The number of halogens is 2. The van der Waals surface area contributed by atoms with Crippen LogP contribution in [0, 0.1) is 0 Å². The molecule has 0 aliphatic rings. The Kier molecular flexibility index (Phi) is 5.00. The summed E-state index contributed by atoms with van der Waals surface area (Å²) in [5.41, 5.74) is 7.00. The van der Waals surface area contributed by atoms with E-state index in [1.165, 1.54) is 5.56 Å². The Morgan fingerprint density at radius 1 is 1.22 bits per heavy atom. The third kappa shape index (κ3) is 3.45. The zero-order chi connectivity index (χ0) is 13.0. The van der Waals surface area contributed by atoms with Gasteiger partial charge in [-0.3, -0.25) is 0 Å². The zero-order valence-electron chi connectivity index (χ0n) is 9.70. The predicted molar refractivity (Wildman–Crippen MR) is 79.2 cm³/mol. The number of nitrogens with two attached hydrogens (primary N) is 1. The SMILES string of the molecule is NCC(NCc1ccccc1)c1cc(Br)c(Br)o1. The van der Waals surface area contributed by atoms with Gasteiger partial charge in [-0.25, -0.2) is 0 Å². The standard InChI is InChI=1S/C13H14Br2N2O/c14-10-6-12(18-13(10)15)11(7-16)17-8-9-4-2-1-3-5-9/h1-6,11,17H,7-8,16H2. The average molecular weight is 374 g/mol. The molecule has 0 aliphatic heterocycles. The van der Waals surface area contributed by atoms with Crippen molar-refractivity contribution in [1.29, 1.82) is 0 Å². The molecule has 1 atom stereocenters. The summed E-state index contributed by atoms with van der Waals surface area (Å²) in [7, 11) is 0. The van der Waals surface area contributed by atoms with E-state index in [0.29, 0.717) is 11.2 Å². The second kappa shape index (κ2) is 6.52. The summed E-state index contributed by atoms with van der Waals surface area (Å²) in [6.45, 7) is 1.25. The lowest BCUT2D eigenvalue weighted by Crippen LogP contribution is -2.27. The molecule has 0 saturated carbocycles. The van der Waals surface area contributed by atoms with Crippen molar-refractivity contribution in [3.8, 4) is 0 Å². The number of furan rings is 1. The molecule has 0 radical (unpaired) electrons. The molecule has 0 spiro atoms. The number of benzene rings is 1. The number of hydrogen-bond donors (Lipinski definition) is 2. The molecule has 0 aliphatic carbocycles. The average Bonchev–Trinajstić information content (AvgIpc) is 2.71. The van der Waals surface area contributed by atoms with Crippen LogP contribution in [0.25, 0.3) is 0 Å². The summed E-state index contributed by atoms with van der Waals surface area (Å²) < 4.78 is 7.18. The maximum atomic E-state index is 5.78. The summed E-state index contributed by atoms with van der Waals surface area (Å²) in [6.07, 6.45) is 0. The van der Waals surface area contributed by atoms with Crippen molar-refractivity contribution < 1.29 is 4.42 Å². The first-order chi connectivity index (χ1) is 8.70. The van der Waals surface area contributed by atoms with Gasteiger partial charge in [0.05, 0.1) is 10.5 Å². The van der Waals surface area contributed by atoms with Gasteiger partial charge in [0.25, 0.3) is 0 Å². The highest BCUT2D eigenvalue weighted by Crippen LogP contribution is 2.29. The van der Waals surface area contributed by atoms with E-state index in [2.05, 4.69) is 49.3 Å². The Labute approximate surface area is 123 Å². The van der Waals surface area contributed by atoms with Crippen molar-refractivity contribution in [3.05, 3.63) is 56.9 Å². The number of nitrogens with one attached hydrogen (secondary N) is 1. The fraction of sp³-hybridized carbons (Fsp3) is 0.231. The first kappa shape index (κ1) is 13.8. The van der Waals surface area contributed by atoms with Gasteiger partial charge in [-0.05, 0) is 43.5 Å². The van der Waals surface area contributed by atoms with Crippen LogP contribution in [0.4, 0.5) is 0 Å². The quantitative estimate of drug-likeness (QED) is 0.841. The zero-order valence-corrected chi connectivity index (χ0v) is 12.9. The first-order valence-electron chi connectivity index (χ1n) is 5.63. The minimum Gasteiger partial charge on any atom is -0.451 e. The smallest absolute Gasteiger partial charge is 0.183 e. The van der Waals surface area contributed by atoms with Gasteiger partial charge in [-0.15, -0.1) is 0 Å². The number of hydrogen-bond acceptors (Lipinski definition) is 3. The summed E-state index contributed by atoms with van der Waals surface area (Å²) in [4.78, 5) is 0. The van der Waals surface area contributed by atoms with Crippen LogP contribution in [0.15, 0.2) is 50.0 Å². The fourth-order valence-electron chi connectivity index (χ4n) is 1.67.